The first-order valence-electron chi connectivity index (χ1n) is 8.46. The Kier molecular flexibility index (Phi) is 3.71. The fourth-order valence-electron chi connectivity index (χ4n) is 3.22. The SMILES string of the molecule is Cc1nc2ccc(C(=O)N[C@@H]3CCc4nnc(C)n4C3)cc2nc1C. The van der Waals surface area contributed by atoms with Crippen LogP contribution in [0.25, 0.3) is 11.0 Å². The summed E-state index contributed by atoms with van der Waals surface area (Å²) in [6.07, 6.45) is 1.70. The third kappa shape index (κ3) is 2.86. The predicted octanol–water partition coefficient (Wildman–Crippen LogP) is 1.89. The van der Waals surface area contributed by atoms with E-state index in [9.17, 15) is 4.79 Å². The van der Waals surface area contributed by atoms with Crippen LogP contribution in [0.1, 0.15) is 39.8 Å². The first-order chi connectivity index (χ1) is 12.0. The van der Waals surface area contributed by atoms with Crippen LogP contribution in [0.3, 0.4) is 0 Å². The van der Waals surface area contributed by atoms with E-state index in [2.05, 4.69) is 30.0 Å². The van der Waals surface area contributed by atoms with Crippen molar-refractivity contribution in [2.75, 3.05) is 0 Å². The lowest BCUT2D eigenvalue weighted by Crippen LogP contribution is -2.41. The average Bonchev–Trinajstić information content (AvgIpc) is 2.96. The van der Waals surface area contributed by atoms with Gasteiger partial charge in [-0.2, -0.15) is 0 Å². The molecule has 4 rings (SSSR count). The molecule has 0 radical (unpaired) electrons. The largest absolute Gasteiger partial charge is 0.347 e. The van der Waals surface area contributed by atoms with E-state index in [0.717, 1.165) is 46.9 Å². The van der Waals surface area contributed by atoms with Crippen LogP contribution in [-0.4, -0.2) is 36.7 Å². The summed E-state index contributed by atoms with van der Waals surface area (Å²) >= 11 is 0. The molecule has 7 heteroatoms. The Morgan fingerprint density at radius 2 is 1.88 bits per heavy atom. The second-order valence-corrected chi connectivity index (χ2v) is 6.58. The fraction of sp³-hybridized carbons (Fsp3) is 0.389. The lowest BCUT2D eigenvalue weighted by molar-refractivity contribution is 0.0927. The highest BCUT2D eigenvalue weighted by Crippen LogP contribution is 2.17. The highest BCUT2D eigenvalue weighted by Gasteiger charge is 2.23. The van der Waals surface area contributed by atoms with Gasteiger partial charge in [0.1, 0.15) is 11.6 Å². The zero-order valence-corrected chi connectivity index (χ0v) is 14.6. The van der Waals surface area contributed by atoms with E-state index in [1.165, 1.54) is 0 Å². The summed E-state index contributed by atoms with van der Waals surface area (Å²) in [6, 6.07) is 5.55. The number of rotatable bonds is 2. The molecule has 1 aromatic carbocycles. The van der Waals surface area contributed by atoms with Gasteiger partial charge in [0.05, 0.1) is 22.4 Å². The minimum absolute atomic E-state index is 0.0798. The molecule has 128 valence electrons. The van der Waals surface area contributed by atoms with Gasteiger partial charge in [-0.15, -0.1) is 10.2 Å². The molecule has 25 heavy (non-hydrogen) atoms. The summed E-state index contributed by atoms with van der Waals surface area (Å²) in [5.74, 6) is 1.80. The van der Waals surface area contributed by atoms with Crippen LogP contribution in [0.2, 0.25) is 0 Å². The van der Waals surface area contributed by atoms with Crippen molar-refractivity contribution in [3.8, 4) is 0 Å². The number of fused-ring (bicyclic) bond motifs is 2. The Balaban J connectivity index is 1.54. The van der Waals surface area contributed by atoms with Crippen LogP contribution in [0.5, 0.6) is 0 Å². The number of amides is 1. The molecule has 0 aliphatic carbocycles. The quantitative estimate of drug-likeness (QED) is 0.772. The molecule has 7 nitrogen and oxygen atoms in total. The predicted molar refractivity (Wildman–Crippen MR) is 93.3 cm³/mol. The van der Waals surface area contributed by atoms with Gasteiger partial charge in [0, 0.05) is 24.6 Å². The van der Waals surface area contributed by atoms with Gasteiger partial charge in [0.25, 0.3) is 5.91 Å². The smallest absolute Gasteiger partial charge is 0.251 e. The monoisotopic (exact) mass is 336 g/mol. The third-order valence-electron chi connectivity index (χ3n) is 4.80. The number of benzene rings is 1. The van der Waals surface area contributed by atoms with E-state index in [0.29, 0.717) is 12.1 Å². The third-order valence-corrected chi connectivity index (χ3v) is 4.80. The molecule has 1 atom stereocenters. The molecular weight excluding hydrogens is 316 g/mol. The maximum absolute atomic E-state index is 12.6. The molecule has 0 fully saturated rings. The molecule has 0 unspecified atom stereocenters. The molecule has 3 aromatic rings. The van der Waals surface area contributed by atoms with Crippen molar-refractivity contribution < 1.29 is 4.79 Å². The highest BCUT2D eigenvalue weighted by molar-refractivity contribution is 5.97. The molecule has 0 bridgehead atoms. The van der Waals surface area contributed by atoms with Gasteiger partial charge in [-0.05, 0) is 45.4 Å². The van der Waals surface area contributed by atoms with Crippen LogP contribution in [0, 0.1) is 20.8 Å². The second-order valence-electron chi connectivity index (χ2n) is 6.58. The molecular formula is C18H20N6O. The summed E-state index contributed by atoms with van der Waals surface area (Å²) < 4.78 is 2.08. The zero-order valence-electron chi connectivity index (χ0n) is 14.6. The lowest BCUT2D eigenvalue weighted by atomic mass is 10.1. The average molecular weight is 336 g/mol. The fourth-order valence-corrected chi connectivity index (χ4v) is 3.22. The van der Waals surface area contributed by atoms with Gasteiger partial charge in [-0.3, -0.25) is 4.79 Å². The number of carbonyl (C=O) groups excluding carboxylic acids is 1. The van der Waals surface area contributed by atoms with Crippen molar-refractivity contribution in [2.24, 2.45) is 0 Å². The highest BCUT2D eigenvalue weighted by atomic mass is 16.1. The van der Waals surface area contributed by atoms with Gasteiger partial charge >= 0.3 is 0 Å². The summed E-state index contributed by atoms with van der Waals surface area (Å²) in [6.45, 7) is 6.51. The molecule has 0 saturated heterocycles. The molecule has 1 aliphatic heterocycles. The first-order valence-corrected chi connectivity index (χ1v) is 8.46. The van der Waals surface area contributed by atoms with Crippen LogP contribution < -0.4 is 5.32 Å². The maximum atomic E-state index is 12.6. The van der Waals surface area contributed by atoms with Gasteiger partial charge in [0.15, 0.2) is 0 Å². The standard InChI is InChI=1S/C18H20N6O/c1-10-11(2)20-16-8-13(4-6-15(16)19-10)18(25)21-14-5-7-17-23-22-12(3)24(17)9-14/h4,6,8,14H,5,7,9H2,1-3H3,(H,21,25)/t14-/m1/s1. The number of carbonyl (C=O) groups is 1. The Labute approximate surface area is 145 Å². The van der Waals surface area contributed by atoms with E-state index in [1.807, 2.05) is 32.9 Å². The van der Waals surface area contributed by atoms with E-state index < -0.39 is 0 Å². The van der Waals surface area contributed by atoms with Crippen molar-refractivity contribution >= 4 is 16.9 Å². The van der Waals surface area contributed by atoms with Crippen LogP contribution in [0.15, 0.2) is 18.2 Å². The van der Waals surface area contributed by atoms with E-state index in [4.69, 9.17) is 0 Å². The van der Waals surface area contributed by atoms with Gasteiger partial charge < -0.3 is 9.88 Å². The normalized spacial score (nSPS) is 16.7. The van der Waals surface area contributed by atoms with Gasteiger partial charge in [0.2, 0.25) is 0 Å². The molecule has 0 saturated carbocycles. The number of aryl methyl sites for hydroxylation is 4. The topological polar surface area (TPSA) is 85.6 Å². The van der Waals surface area contributed by atoms with Crippen molar-refractivity contribution in [1.82, 2.24) is 30.0 Å². The second kappa shape index (κ2) is 5.91. The Morgan fingerprint density at radius 3 is 2.68 bits per heavy atom. The number of hydrogen-bond donors (Lipinski definition) is 1. The van der Waals surface area contributed by atoms with Crippen LogP contribution >= 0.6 is 0 Å². The van der Waals surface area contributed by atoms with Crippen LogP contribution in [-0.2, 0) is 13.0 Å². The molecule has 1 N–H and O–H groups in total. The summed E-state index contributed by atoms with van der Waals surface area (Å²) in [7, 11) is 0. The van der Waals surface area contributed by atoms with E-state index in [1.54, 1.807) is 6.07 Å². The van der Waals surface area contributed by atoms with Crippen molar-refractivity contribution in [2.45, 2.75) is 46.2 Å². The molecule has 2 aromatic heterocycles. The Morgan fingerprint density at radius 1 is 1.12 bits per heavy atom. The molecule has 0 spiro atoms. The molecule has 1 amide bonds. The Bertz CT molecular complexity index is 977. The van der Waals surface area contributed by atoms with Gasteiger partial charge in [-0.25, -0.2) is 9.97 Å². The molecule has 1 aliphatic rings. The summed E-state index contributed by atoms with van der Waals surface area (Å²) in [4.78, 5) is 21.7. The summed E-state index contributed by atoms with van der Waals surface area (Å²) in [5, 5.41) is 11.4. The van der Waals surface area contributed by atoms with E-state index in [-0.39, 0.29) is 11.9 Å². The number of aromatic nitrogens is 5. The molecule has 3 heterocycles. The van der Waals surface area contributed by atoms with Crippen molar-refractivity contribution in [1.29, 1.82) is 0 Å². The first kappa shape index (κ1) is 15.7. The minimum atomic E-state index is -0.0823. The number of nitrogens with one attached hydrogen (secondary N) is 1. The van der Waals surface area contributed by atoms with Crippen molar-refractivity contribution in [3.63, 3.8) is 0 Å². The zero-order chi connectivity index (χ0) is 17.6. The van der Waals surface area contributed by atoms with Crippen molar-refractivity contribution in [3.05, 3.63) is 46.8 Å². The number of nitrogens with zero attached hydrogens (tertiary/aromatic N) is 5. The number of hydrogen-bond acceptors (Lipinski definition) is 5. The maximum Gasteiger partial charge on any atom is 0.251 e. The summed E-state index contributed by atoms with van der Waals surface area (Å²) in [5.41, 5.74) is 3.95. The van der Waals surface area contributed by atoms with Crippen LogP contribution in [0.4, 0.5) is 0 Å². The Hall–Kier alpha value is -2.83. The minimum Gasteiger partial charge on any atom is -0.347 e. The lowest BCUT2D eigenvalue weighted by Gasteiger charge is -2.25. The van der Waals surface area contributed by atoms with Gasteiger partial charge in [-0.1, -0.05) is 0 Å². The van der Waals surface area contributed by atoms with E-state index >= 15 is 0 Å².